The van der Waals surface area contributed by atoms with Gasteiger partial charge in [0, 0.05) is 39.5 Å². The van der Waals surface area contributed by atoms with E-state index in [-0.39, 0.29) is 17.8 Å². The van der Waals surface area contributed by atoms with E-state index in [2.05, 4.69) is 0 Å². The van der Waals surface area contributed by atoms with Crippen LogP contribution in [-0.4, -0.2) is 66.0 Å². The van der Waals surface area contributed by atoms with E-state index >= 15 is 0 Å². The number of nitrogens with two attached hydrogens (primary N) is 1. The van der Waals surface area contributed by atoms with Gasteiger partial charge < -0.3 is 29.4 Å². The standard InChI is InChI=1S/C17H25NO9S/c1-8(19)23-7-13-16(25-10(3)21)17(26-11(4)22)15(24-9(2)20)12(27-13)5-6-14(18)28/h12-13,15-17H,5-7H2,1-4H3,(H2,18,28)/t12?,13-,15-,16-,17-/m1/s1/i1D,2D,3D,4D. The third-order valence-electron chi connectivity index (χ3n) is 3.62. The number of carbonyl (C=O) groups excluding carboxylic acids is 4. The maximum Gasteiger partial charge on any atom is 0.303 e. The van der Waals surface area contributed by atoms with Gasteiger partial charge in [-0.05, 0) is 6.42 Å². The summed E-state index contributed by atoms with van der Waals surface area (Å²) in [5.74, 6) is -3.96. The zero-order valence-corrected chi connectivity index (χ0v) is 15.8. The first kappa shape index (κ1) is 17.8. The molecule has 0 saturated carbocycles. The molecule has 28 heavy (non-hydrogen) atoms. The number of hydrogen-bond acceptors (Lipinski definition) is 10. The summed E-state index contributed by atoms with van der Waals surface area (Å²) >= 11 is 4.85. The first-order chi connectivity index (χ1) is 15.2. The third kappa shape index (κ3) is 7.77. The quantitative estimate of drug-likeness (QED) is 0.325. The highest BCUT2D eigenvalue weighted by Crippen LogP contribution is 2.31. The summed E-state index contributed by atoms with van der Waals surface area (Å²) in [6.07, 6.45) is -6.40. The summed E-state index contributed by atoms with van der Waals surface area (Å²) in [4.78, 5) is 47.2. The molecule has 0 radical (unpaired) electrons. The maximum atomic E-state index is 11.9. The molecular formula is C17H25NO9S. The van der Waals surface area contributed by atoms with E-state index in [1.165, 1.54) is 0 Å². The van der Waals surface area contributed by atoms with Crippen LogP contribution in [0, 0.1) is 0 Å². The van der Waals surface area contributed by atoms with Crippen LogP contribution in [0.1, 0.15) is 45.9 Å². The molecule has 5 atom stereocenters. The number of rotatable bonds is 8. The van der Waals surface area contributed by atoms with Gasteiger partial charge in [0.1, 0.15) is 12.7 Å². The number of thiocarbonyl (C=S) groups is 1. The second-order valence-corrected chi connectivity index (χ2v) is 6.29. The zero-order chi connectivity index (χ0) is 24.3. The van der Waals surface area contributed by atoms with Crippen LogP contribution in [0.5, 0.6) is 0 Å². The Kier molecular flexibility index (Phi) is 6.94. The lowest BCUT2D eigenvalue weighted by molar-refractivity contribution is -0.253. The molecule has 1 aliphatic rings. The molecule has 1 fully saturated rings. The van der Waals surface area contributed by atoms with Crippen LogP contribution in [0.25, 0.3) is 0 Å². The second kappa shape index (κ2) is 10.9. The van der Waals surface area contributed by atoms with Gasteiger partial charge in [0.15, 0.2) is 18.3 Å². The molecule has 1 heterocycles. The van der Waals surface area contributed by atoms with Crippen molar-refractivity contribution in [2.45, 2.75) is 71.0 Å². The Morgan fingerprint density at radius 2 is 1.39 bits per heavy atom. The van der Waals surface area contributed by atoms with Gasteiger partial charge in [0.05, 0.1) is 11.1 Å². The molecule has 11 heteroatoms. The molecule has 0 aromatic rings. The molecule has 10 nitrogen and oxygen atoms in total. The van der Waals surface area contributed by atoms with E-state index in [4.69, 9.17) is 47.1 Å². The molecule has 158 valence electrons. The monoisotopic (exact) mass is 423 g/mol. The fraction of sp³-hybridized carbons (Fsp3) is 0.706. The Morgan fingerprint density at radius 3 is 1.89 bits per heavy atom. The Bertz CT molecular complexity index is 699. The molecule has 1 saturated heterocycles. The van der Waals surface area contributed by atoms with Crippen LogP contribution in [-0.2, 0) is 42.9 Å². The van der Waals surface area contributed by atoms with Gasteiger partial charge in [0.2, 0.25) is 0 Å². The number of esters is 4. The highest BCUT2D eigenvalue weighted by atomic mass is 32.1. The van der Waals surface area contributed by atoms with Crippen molar-refractivity contribution in [3.05, 3.63) is 0 Å². The highest BCUT2D eigenvalue weighted by molar-refractivity contribution is 7.80. The lowest BCUT2D eigenvalue weighted by atomic mass is 9.92. The van der Waals surface area contributed by atoms with E-state index in [9.17, 15) is 19.2 Å². The molecular weight excluding hydrogens is 394 g/mol. The largest absolute Gasteiger partial charge is 0.463 e. The fourth-order valence-corrected chi connectivity index (χ4v) is 2.81. The van der Waals surface area contributed by atoms with Crippen molar-refractivity contribution in [3.63, 3.8) is 0 Å². The minimum atomic E-state index is -1.50. The van der Waals surface area contributed by atoms with Gasteiger partial charge in [-0.25, -0.2) is 0 Å². The lowest BCUT2D eigenvalue weighted by Crippen LogP contribution is -2.62. The maximum absolute atomic E-state index is 11.9. The van der Waals surface area contributed by atoms with E-state index in [1.807, 2.05) is 0 Å². The topological polar surface area (TPSA) is 140 Å². The smallest absolute Gasteiger partial charge is 0.303 e. The average Bonchev–Trinajstić information content (AvgIpc) is 2.78. The average molecular weight is 423 g/mol. The summed E-state index contributed by atoms with van der Waals surface area (Å²) in [7, 11) is 0. The normalized spacial score (nSPS) is 28.5. The summed E-state index contributed by atoms with van der Waals surface area (Å²) in [6, 6.07) is 0. The Labute approximate surface area is 173 Å². The molecule has 1 aliphatic heterocycles. The predicted molar refractivity (Wildman–Crippen MR) is 98.0 cm³/mol. The van der Waals surface area contributed by atoms with E-state index < -0.39 is 88.6 Å². The molecule has 0 aliphatic carbocycles. The first-order valence-corrected chi connectivity index (χ1v) is 8.42. The second-order valence-electron chi connectivity index (χ2n) is 5.76. The summed E-state index contributed by atoms with van der Waals surface area (Å²) in [6.45, 7) is -3.55. The fourth-order valence-electron chi connectivity index (χ4n) is 2.69. The van der Waals surface area contributed by atoms with Crippen LogP contribution in [0.15, 0.2) is 0 Å². The zero-order valence-electron chi connectivity index (χ0n) is 19.0. The minimum absolute atomic E-state index is 0.0716. The van der Waals surface area contributed by atoms with Gasteiger partial charge >= 0.3 is 23.9 Å². The van der Waals surface area contributed by atoms with Gasteiger partial charge in [-0.2, -0.15) is 0 Å². The minimum Gasteiger partial charge on any atom is -0.463 e. The SMILES string of the molecule is [2H]CC(=O)OC[C@H]1OC(CCC(N)=S)[C@@H](OC(=O)C[2H])[C@@H](OC(=O)C[2H])[C@@H]1OC(=O)C[2H]. The van der Waals surface area contributed by atoms with Crippen LogP contribution < -0.4 is 5.73 Å². The molecule has 0 bridgehead atoms. The molecule has 0 aromatic heterocycles. The van der Waals surface area contributed by atoms with Gasteiger partial charge in [-0.15, -0.1) is 0 Å². The molecule has 0 aromatic carbocycles. The van der Waals surface area contributed by atoms with Crippen LogP contribution in [0.2, 0.25) is 0 Å². The summed E-state index contributed by atoms with van der Waals surface area (Å²) in [5.41, 5.74) is 5.53. The van der Waals surface area contributed by atoms with Crippen LogP contribution >= 0.6 is 12.2 Å². The molecule has 2 N–H and O–H groups in total. The van der Waals surface area contributed by atoms with Crippen molar-refractivity contribution in [2.75, 3.05) is 6.61 Å². The summed E-state index contributed by atoms with van der Waals surface area (Å²) < 4.78 is 55.0. The van der Waals surface area contributed by atoms with Crippen molar-refractivity contribution < 1.29 is 48.3 Å². The molecule has 0 amide bonds. The number of ether oxygens (including phenoxy) is 5. The van der Waals surface area contributed by atoms with Crippen LogP contribution in [0.3, 0.4) is 0 Å². The third-order valence-corrected chi connectivity index (χ3v) is 3.82. The Balaban J connectivity index is 3.36. The van der Waals surface area contributed by atoms with Crippen molar-refractivity contribution in [1.82, 2.24) is 0 Å². The number of hydrogen-bond donors (Lipinski definition) is 1. The highest BCUT2D eigenvalue weighted by Gasteiger charge is 2.51. The first-order valence-electron chi connectivity index (χ1n) is 10.8. The number of carbonyl (C=O) groups is 4. The van der Waals surface area contributed by atoms with Gasteiger partial charge in [-0.3, -0.25) is 19.2 Å². The van der Waals surface area contributed by atoms with Crippen molar-refractivity contribution in [3.8, 4) is 0 Å². The predicted octanol–water partition coefficient (Wildman–Crippen LogP) is 0.178. The molecule has 0 spiro atoms. The molecule has 1 unspecified atom stereocenters. The van der Waals surface area contributed by atoms with E-state index in [0.717, 1.165) is 0 Å². The Morgan fingerprint density at radius 1 is 0.893 bits per heavy atom. The Hall–Kier alpha value is -2.27. The van der Waals surface area contributed by atoms with Gasteiger partial charge in [-0.1, -0.05) is 12.2 Å². The lowest BCUT2D eigenvalue weighted by Gasteiger charge is -2.44. The molecule has 1 rings (SSSR count). The van der Waals surface area contributed by atoms with Crippen molar-refractivity contribution in [1.29, 1.82) is 0 Å². The van der Waals surface area contributed by atoms with Crippen molar-refractivity contribution >= 4 is 41.1 Å². The van der Waals surface area contributed by atoms with E-state index in [1.54, 1.807) is 0 Å². The van der Waals surface area contributed by atoms with Gasteiger partial charge in [0.25, 0.3) is 0 Å². The summed E-state index contributed by atoms with van der Waals surface area (Å²) in [5, 5.41) is 0. The van der Waals surface area contributed by atoms with Crippen molar-refractivity contribution in [2.24, 2.45) is 5.73 Å². The van der Waals surface area contributed by atoms with Crippen LogP contribution in [0.4, 0.5) is 0 Å². The van der Waals surface area contributed by atoms with E-state index in [0.29, 0.717) is 0 Å².